The number of aliphatic hydroxyl groups excluding tert-OH is 1. The van der Waals surface area contributed by atoms with Gasteiger partial charge in [-0.25, -0.2) is 0 Å². The van der Waals surface area contributed by atoms with Gasteiger partial charge in [0.05, 0.1) is 18.8 Å². The van der Waals surface area contributed by atoms with Crippen LogP contribution in [0.15, 0.2) is 42.7 Å². The summed E-state index contributed by atoms with van der Waals surface area (Å²) in [5, 5.41) is 20.0. The first-order valence-electron chi connectivity index (χ1n) is 6.09. The Labute approximate surface area is 111 Å². The maximum Gasteiger partial charge on any atom is 0.221 e. The van der Waals surface area contributed by atoms with Gasteiger partial charge in [-0.1, -0.05) is 35.5 Å². The van der Waals surface area contributed by atoms with Gasteiger partial charge < -0.3 is 10.4 Å². The van der Waals surface area contributed by atoms with Crippen molar-refractivity contribution in [2.24, 2.45) is 0 Å². The smallest absolute Gasteiger partial charge is 0.221 e. The van der Waals surface area contributed by atoms with Crippen LogP contribution in [-0.2, 0) is 11.3 Å². The van der Waals surface area contributed by atoms with Gasteiger partial charge >= 0.3 is 0 Å². The molecule has 6 nitrogen and oxygen atoms in total. The summed E-state index contributed by atoms with van der Waals surface area (Å²) in [4.78, 5) is 11.6. The average Bonchev–Trinajstić information content (AvgIpc) is 2.96. The number of carbonyl (C=O) groups is 1. The number of aryl methyl sites for hydroxylation is 1. The molecule has 0 saturated carbocycles. The Morgan fingerprint density at radius 2 is 2.16 bits per heavy atom. The SMILES string of the molecule is O=C(CCn1ccnn1)NCC(O)c1ccccc1. The van der Waals surface area contributed by atoms with Gasteiger partial charge in [0.25, 0.3) is 0 Å². The standard InChI is InChI=1S/C13H16N4O2/c18-12(11-4-2-1-3-5-11)10-14-13(19)6-8-17-9-7-15-16-17/h1-5,7,9,12,18H,6,8,10H2,(H,14,19). The third kappa shape index (κ3) is 4.18. The highest BCUT2D eigenvalue weighted by Gasteiger charge is 2.09. The molecule has 2 rings (SSSR count). The molecule has 2 N–H and O–H groups in total. The highest BCUT2D eigenvalue weighted by Crippen LogP contribution is 2.10. The lowest BCUT2D eigenvalue weighted by molar-refractivity contribution is -0.121. The van der Waals surface area contributed by atoms with Gasteiger partial charge in [0.15, 0.2) is 0 Å². The van der Waals surface area contributed by atoms with Crippen molar-refractivity contribution in [1.29, 1.82) is 0 Å². The fourth-order valence-corrected chi connectivity index (χ4v) is 1.66. The normalized spacial score (nSPS) is 12.1. The van der Waals surface area contributed by atoms with Gasteiger partial charge in [0.2, 0.25) is 5.91 Å². The summed E-state index contributed by atoms with van der Waals surface area (Å²) in [5.74, 6) is -0.120. The molecule has 1 aromatic heterocycles. The van der Waals surface area contributed by atoms with Crippen LogP contribution in [0.2, 0.25) is 0 Å². The molecule has 0 radical (unpaired) electrons. The van der Waals surface area contributed by atoms with E-state index in [4.69, 9.17) is 0 Å². The highest BCUT2D eigenvalue weighted by molar-refractivity contribution is 5.75. The van der Waals surface area contributed by atoms with E-state index in [0.29, 0.717) is 13.0 Å². The minimum Gasteiger partial charge on any atom is -0.387 e. The molecule has 0 spiro atoms. The van der Waals surface area contributed by atoms with Crippen LogP contribution in [0.5, 0.6) is 0 Å². The molecule has 1 unspecified atom stereocenters. The largest absolute Gasteiger partial charge is 0.387 e. The maximum absolute atomic E-state index is 11.6. The number of nitrogens with one attached hydrogen (secondary N) is 1. The predicted octanol–water partition coefficient (Wildman–Crippen LogP) is 0.518. The molecule has 1 aromatic carbocycles. The lowest BCUT2D eigenvalue weighted by atomic mass is 10.1. The molecule has 0 aliphatic carbocycles. The summed E-state index contributed by atoms with van der Waals surface area (Å²) in [6.45, 7) is 0.688. The van der Waals surface area contributed by atoms with Crippen LogP contribution in [0.1, 0.15) is 18.1 Å². The van der Waals surface area contributed by atoms with Crippen LogP contribution in [0.25, 0.3) is 0 Å². The molecular weight excluding hydrogens is 244 g/mol. The second kappa shape index (κ2) is 6.65. The topological polar surface area (TPSA) is 80.0 Å². The Bertz CT molecular complexity index is 499. The van der Waals surface area contributed by atoms with Crippen LogP contribution < -0.4 is 5.32 Å². The van der Waals surface area contributed by atoms with Crippen molar-refractivity contribution in [3.8, 4) is 0 Å². The third-order valence-electron chi connectivity index (χ3n) is 2.72. The second-order valence-corrected chi connectivity index (χ2v) is 4.15. The minimum atomic E-state index is -0.684. The van der Waals surface area contributed by atoms with E-state index in [1.807, 2.05) is 30.3 Å². The summed E-state index contributed by atoms with van der Waals surface area (Å²) in [6, 6.07) is 9.24. The van der Waals surface area contributed by atoms with Gasteiger partial charge in [-0.15, -0.1) is 5.10 Å². The summed E-state index contributed by atoms with van der Waals surface area (Å²) in [5.41, 5.74) is 0.791. The number of benzene rings is 1. The Morgan fingerprint density at radius 1 is 1.37 bits per heavy atom. The van der Waals surface area contributed by atoms with Crippen LogP contribution in [0.3, 0.4) is 0 Å². The van der Waals surface area contributed by atoms with Crippen molar-refractivity contribution < 1.29 is 9.90 Å². The summed E-state index contributed by atoms with van der Waals surface area (Å²) in [7, 11) is 0. The second-order valence-electron chi connectivity index (χ2n) is 4.15. The molecule has 2 aromatic rings. The molecule has 100 valence electrons. The molecule has 0 bridgehead atoms. The molecule has 1 heterocycles. The number of hydrogen-bond donors (Lipinski definition) is 2. The number of rotatable bonds is 6. The van der Waals surface area contributed by atoms with E-state index in [1.165, 1.54) is 0 Å². The van der Waals surface area contributed by atoms with Gasteiger partial charge in [-0.3, -0.25) is 9.48 Å². The third-order valence-corrected chi connectivity index (χ3v) is 2.72. The van der Waals surface area contributed by atoms with E-state index in [-0.39, 0.29) is 12.5 Å². The van der Waals surface area contributed by atoms with E-state index in [0.717, 1.165) is 5.56 Å². The van der Waals surface area contributed by atoms with E-state index in [1.54, 1.807) is 17.1 Å². The molecule has 19 heavy (non-hydrogen) atoms. The van der Waals surface area contributed by atoms with Gasteiger partial charge in [0.1, 0.15) is 0 Å². The van der Waals surface area contributed by atoms with E-state index >= 15 is 0 Å². The lowest BCUT2D eigenvalue weighted by Gasteiger charge is -2.12. The highest BCUT2D eigenvalue weighted by atomic mass is 16.3. The van der Waals surface area contributed by atoms with Gasteiger partial charge in [-0.05, 0) is 5.56 Å². The Kier molecular flexibility index (Phi) is 4.63. The van der Waals surface area contributed by atoms with E-state index < -0.39 is 6.10 Å². The fourth-order valence-electron chi connectivity index (χ4n) is 1.66. The van der Waals surface area contributed by atoms with Crippen molar-refractivity contribution in [1.82, 2.24) is 20.3 Å². The zero-order valence-corrected chi connectivity index (χ0v) is 10.4. The molecule has 0 saturated heterocycles. The van der Waals surface area contributed by atoms with Crippen LogP contribution in [0.4, 0.5) is 0 Å². The first-order valence-corrected chi connectivity index (χ1v) is 6.09. The molecule has 0 aliphatic rings. The number of nitrogens with zero attached hydrogens (tertiary/aromatic N) is 3. The first kappa shape index (κ1) is 13.2. The van der Waals surface area contributed by atoms with Crippen molar-refractivity contribution in [2.75, 3.05) is 6.54 Å². The molecule has 6 heteroatoms. The monoisotopic (exact) mass is 260 g/mol. The number of carbonyl (C=O) groups excluding carboxylic acids is 1. The molecule has 1 atom stereocenters. The Hall–Kier alpha value is -2.21. The number of hydrogen-bond acceptors (Lipinski definition) is 4. The Balaban J connectivity index is 1.71. The molecule has 0 fully saturated rings. The molecule has 1 amide bonds. The van der Waals surface area contributed by atoms with Gasteiger partial charge in [-0.2, -0.15) is 0 Å². The maximum atomic E-state index is 11.6. The molecular formula is C13H16N4O2. The zero-order valence-electron chi connectivity index (χ0n) is 10.4. The predicted molar refractivity (Wildman–Crippen MR) is 69.1 cm³/mol. The van der Waals surface area contributed by atoms with Crippen LogP contribution in [-0.4, -0.2) is 32.6 Å². The average molecular weight is 260 g/mol. The zero-order chi connectivity index (χ0) is 13.5. The summed E-state index contributed by atoms with van der Waals surface area (Å²) < 4.78 is 1.59. The van der Waals surface area contributed by atoms with Crippen molar-refractivity contribution in [2.45, 2.75) is 19.1 Å². The summed E-state index contributed by atoms with van der Waals surface area (Å²) >= 11 is 0. The summed E-state index contributed by atoms with van der Waals surface area (Å²) in [6.07, 6.45) is 2.89. The van der Waals surface area contributed by atoms with Gasteiger partial charge in [0, 0.05) is 19.2 Å². The first-order chi connectivity index (χ1) is 9.25. The lowest BCUT2D eigenvalue weighted by Crippen LogP contribution is -2.29. The number of aliphatic hydroxyl groups is 1. The van der Waals surface area contributed by atoms with Crippen molar-refractivity contribution in [3.05, 3.63) is 48.3 Å². The van der Waals surface area contributed by atoms with Crippen LogP contribution in [0, 0.1) is 0 Å². The van der Waals surface area contributed by atoms with Crippen molar-refractivity contribution in [3.63, 3.8) is 0 Å². The minimum absolute atomic E-state index is 0.120. The quantitative estimate of drug-likeness (QED) is 0.793. The number of aromatic nitrogens is 3. The van der Waals surface area contributed by atoms with Crippen molar-refractivity contribution >= 4 is 5.91 Å². The fraction of sp³-hybridized carbons (Fsp3) is 0.308. The Morgan fingerprint density at radius 3 is 2.84 bits per heavy atom. The van der Waals surface area contributed by atoms with E-state index in [2.05, 4.69) is 15.6 Å². The van der Waals surface area contributed by atoms with E-state index in [9.17, 15) is 9.90 Å². The number of amides is 1. The molecule has 0 aliphatic heterocycles. The van der Waals surface area contributed by atoms with Crippen LogP contribution >= 0.6 is 0 Å².